The molecular formula is C21H32N4O. The van der Waals surface area contributed by atoms with Crippen LogP contribution in [-0.2, 0) is 4.79 Å². The van der Waals surface area contributed by atoms with Crippen molar-refractivity contribution >= 4 is 12.0 Å². The van der Waals surface area contributed by atoms with Gasteiger partial charge in [-0.3, -0.25) is 14.6 Å². The van der Waals surface area contributed by atoms with Crippen molar-refractivity contribution in [3.63, 3.8) is 0 Å². The number of hydrogen-bond acceptors (Lipinski definition) is 4. The van der Waals surface area contributed by atoms with E-state index in [1.54, 1.807) is 0 Å². The summed E-state index contributed by atoms with van der Waals surface area (Å²) < 4.78 is 0. The van der Waals surface area contributed by atoms with E-state index in [0.717, 1.165) is 65.4 Å². The maximum Gasteiger partial charge on any atom is 0.236 e. The van der Waals surface area contributed by atoms with E-state index >= 15 is 0 Å². The summed E-state index contributed by atoms with van der Waals surface area (Å²) in [6, 6.07) is 10.4. The van der Waals surface area contributed by atoms with E-state index in [1.165, 1.54) is 5.56 Å². The summed E-state index contributed by atoms with van der Waals surface area (Å²) in [5.41, 5.74) is 1.25. The molecule has 0 atom stereocenters. The van der Waals surface area contributed by atoms with Crippen LogP contribution >= 0.6 is 0 Å². The first-order valence-corrected chi connectivity index (χ1v) is 9.91. The van der Waals surface area contributed by atoms with E-state index in [0.29, 0.717) is 12.5 Å². The SMILES string of the molecule is CCN1CCN(C(=O)CN2CCN(C/C=C/c3ccccc3)CC2)CC1. The highest BCUT2D eigenvalue weighted by atomic mass is 16.2. The molecule has 0 aliphatic carbocycles. The maximum absolute atomic E-state index is 12.5. The molecule has 0 saturated carbocycles. The monoisotopic (exact) mass is 356 g/mol. The molecule has 1 amide bonds. The molecule has 0 unspecified atom stereocenters. The molecule has 3 rings (SSSR count). The van der Waals surface area contributed by atoms with Gasteiger partial charge in [-0.2, -0.15) is 0 Å². The first-order chi connectivity index (χ1) is 12.7. The van der Waals surface area contributed by atoms with Crippen molar-refractivity contribution in [3.8, 4) is 0 Å². The van der Waals surface area contributed by atoms with Crippen molar-refractivity contribution in [2.24, 2.45) is 0 Å². The first kappa shape index (κ1) is 19.1. The van der Waals surface area contributed by atoms with Crippen molar-refractivity contribution in [2.45, 2.75) is 6.92 Å². The second kappa shape index (κ2) is 9.86. The quantitative estimate of drug-likeness (QED) is 0.772. The number of hydrogen-bond donors (Lipinski definition) is 0. The molecular weight excluding hydrogens is 324 g/mol. The summed E-state index contributed by atoms with van der Waals surface area (Å²) >= 11 is 0. The lowest BCUT2D eigenvalue weighted by Crippen LogP contribution is -2.53. The average Bonchev–Trinajstić information content (AvgIpc) is 2.70. The highest BCUT2D eigenvalue weighted by Gasteiger charge is 2.23. The Morgan fingerprint density at radius 1 is 0.885 bits per heavy atom. The number of amides is 1. The van der Waals surface area contributed by atoms with Crippen molar-refractivity contribution in [1.82, 2.24) is 19.6 Å². The van der Waals surface area contributed by atoms with Crippen LogP contribution in [-0.4, -0.2) is 97.5 Å². The normalized spacial score (nSPS) is 20.7. The minimum absolute atomic E-state index is 0.304. The zero-order valence-electron chi connectivity index (χ0n) is 16.0. The number of carbonyl (C=O) groups excluding carboxylic acids is 1. The van der Waals surface area contributed by atoms with E-state index in [1.807, 2.05) is 11.0 Å². The third kappa shape index (κ3) is 5.66. The summed E-state index contributed by atoms with van der Waals surface area (Å²) in [5, 5.41) is 0. The topological polar surface area (TPSA) is 30.0 Å². The van der Waals surface area contributed by atoms with Crippen LogP contribution < -0.4 is 0 Å². The van der Waals surface area contributed by atoms with Crippen molar-refractivity contribution < 1.29 is 4.79 Å². The molecule has 0 radical (unpaired) electrons. The lowest BCUT2D eigenvalue weighted by atomic mass is 10.2. The zero-order valence-corrected chi connectivity index (χ0v) is 16.0. The zero-order chi connectivity index (χ0) is 18.2. The second-order valence-corrected chi connectivity index (χ2v) is 7.20. The minimum Gasteiger partial charge on any atom is -0.339 e. The lowest BCUT2D eigenvalue weighted by Gasteiger charge is -2.37. The van der Waals surface area contributed by atoms with Gasteiger partial charge in [-0.15, -0.1) is 0 Å². The molecule has 0 aromatic heterocycles. The summed E-state index contributed by atoms with van der Waals surface area (Å²) in [6.45, 7) is 12.7. The minimum atomic E-state index is 0.304. The van der Waals surface area contributed by atoms with Gasteiger partial charge in [0.2, 0.25) is 5.91 Å². The van der Waals surface area contributed by atoms with Crippen molar-refractivity contribution in [3.05, 3.63) is 42.0 Å². The van der Waals surface area contributed by atoms with Gasteiger partial charge in [0.25, 0.3) is 0 Å². The van der Waals surface area contributed by atoms with Gasteiger partial charge in [-0.25, -0.2) is 0 Å². The van der Waals surface area contributed by atoms with Gasteiger partial charge in [-0.1, -0.05) is 49.4 Å². The van der Waals surface area contributed by atoms with Crippen LogP contribution in [0.1, 0.15) is 12.5 Å². The molecule has 1 aromatic rings. The van der Waals surface area contributed by atoms with Gasteiger partial charge < -0.3 is 9.80 Å². The van der Waals surface area contributed by atoms with E-state index in [2.05, 4.69) is 58.0 Å². The Morgan fingerprint density at radius 2 is 1.50 bits per heavy atom. The van der Waals surface area contributed by atoms with Crippen molar-refractivity contribution in [1.29, 1.82) is 0 Å². The van der Waals surface area contributed by atoms with Gasteiger partial charge in [0, 0.05) is 58.9 Å². The number of rotatable bonds is 6. The molecule has 26 heavy (non-hydrogen) atoms. The fourth-order valence-electron chi connectivity index (χ4n) is 3.64. The Hall–Kier alpha value is -1.69. The largest absolute Gasteiger partial charge is 0.339 e. The molecule has 2 saturated heterocycles. The van der Waals surface area contributed by atoms with Crippen LogP contribution in [0.4, 0.5) is 0 Å². The smallest absolute Gasteiger partial charge is 0.236 e. The van der Waals surface area contributed by atoms with Gasteiger partial charge in [0.15, 0.2) is 0 Å². The Morgan fingerprint density at radius 3 is 2.15 bits per heavy atom. The summed E-state index contributed by atoms with van der Waals surface area (Å²) in [6.07, 6.45) is 4.43. The molecule has 0 spiro atoms. The highest BCUT2D eigenvalue weighted by Crippen LogP contribution is 2.07. The molecule has 142 valence electrons. The Kier molecular flexibility index (Phi) is 7.23. The predicted molar refractivity (Wildman–Crippen MR) is 107 cm³/mol. The Bertz CT molecular complexity index is 573. The van der Waals surface area contributed by atoms with E-state index in [9.17, 15) is 4.79 Å². The maximum atomic E-state index is 12.5. The van der Waals surface area contributed by atoms with E-state index in [4.69, 9.17) is 0 Å². The van der Waals surface area contributed by atoms with Crippen LogP contribution in [0.25, 0.3) is 6.08 Å². The van der Waals surface area contributed by atoms with Gasteiger partial charge in [-0.05, 0) is 12.1 Å². The van der Waals surface area contributed by atoms with Crippen molar-refractivity contribution in [2.75, 3.05) is 72.0 Å². The molecule has 0 bridgehead atoms. The first-order valence-electron chi connectivity index (χ1n) is 9.91. The van der Waals surface area contributed by atoms with Crippen LogP contribution in [0.3, 0.4) is 0 Å². The van der Waals surface area contributed by atoms with Crippen LogP contribution in [0.5, 0.6) is 0 Å². The predicted octanol–water partition coefficient (Wildman–Crippen LogP) is 1.48. The van der Waals surface area contributed by atoms with Gasteiger partial charge in [0.05, 0.1) is 6.54 Å². The Labute approximate surface area is 157 Å². The summed E-state index contributed by atoms with van der Waals surface area (Å²) in [4.78, 5) is 21.7. The second-order valence-electron chi connectivity index (χ2n) is 7.20. The third-order valence-electron chi connectivity index (χ3n) is 5.47. The molecule has 0 N–H and O–H groups in total. The van der Waals surface area contributed by atoms with Gasteiger partial charge >= 0.3 is 0 Å². The Balaban J connectivity index is 1.35. The van der Waals surface area contributed by atoms with Crippen LogP contribution in [0.2, 0.25) is 0 Å². The summed E-state index contributed by atoms with van der Waals surface area (Å²) in [5.74, 6) is 0.304. The average molecular weight is 357 g/mol. The fourth-order valence-corrected chi connectivity index (χ4v) is 3.64. The lowest BCUT2D eigenvalue weighted by molar-refractivity contribution is -0.134. The number of piperazine rings is 2. The summed E-state index contributed by atoms with van der Waals surface area (Å²) in [7, 11) is 0. The molecule has 2 aliphatic heterocycles. The van der Waals surface area contributed by atoms with E-state index < -0.39 is 0 Å². The number of likely N-dealkylation sites (N-methyl/N-ethyl adjacent to an activating group) is 1. The van der Waals surface area contributed by atoms with E-state index in [-0.39, 0.29) is 0 Å². The van der Waals surface area contributed by atoms with Gasteiger partial charge in [0.1, 0.15) is 0 Å². The number of carbonyl (C=O) groups is 1. The number of nitrogens with zero attached hydrogens (tertiary/aromatic N) is 4. The molecule has 1 aromatic carbocycles. The third-order valence-corrected chi connectivity index (χ3v) is 5.47. The fraction of sp³-hybridized carbons (Fsp3) is 0.571. The molecule has 2 fully saturated rings. The molecule has 5 nitrogen and oxygen atoms in total. The number of benzene rings is 1. The van der Waals surface area contributed by atoms with Crippen LogP contribution in [0.15, 0.2) is 36.4 Å². The standard InChI is InChI=1S/C21H32N4O/c1-2-22-15-17-25(18-16-22)21(26)19-24-13-11-23(12-14-24)10-6-9-20-7-4-3-5-8-20/h3-9H,2,10-19H2,1H3/b9-6+. The highest BCUT2D eigenvalue weighted by molar-refractivity contribution is 5.78. The molecule has 2 aliphatic rings. The van der Waals surface area contributed by atoms with Crippen LogP contribution in [0, 0.1) is 0 Å². The molecule has 5 heteroatoms. The molecule has 2 heterocycles.